The van der Waals surface area contributed by atoms with Gasteiger partial charge in [-0.15, -0.1) is 0 Å². The largest absolute Gasteiger partial charge is 0.416 e. The Kier molecular flexibility index (Phi) is 11.9. The minimum absolute atomic E-state index is 0.0472. The zero-order valence-corrected chi connectivity index (χ0v) is 26.0. The highest BCUT2D eigenvalue weighted by Crippen LogP contribution is 2.40. The molecule has 0 spiro atoms. The van der Waals surface area contributed by atoms with Gasteiger partial charge in [0.15, 0.2) is 11.3 Å². The molecule has 1 aliphatic heterocycles. The van der Waals surface area contributed by atoms with Crippen molar-refractivity contribution in [2.75, 3.05) is 20.2 Å². The van der Waals surface area contributed by atoms with Gasteiger partial charge in [0.1, 0.15) is 11.5 Å². The zero-order valence-electron chi connectivity index (χ0n) is 26.0. The molecule has 16 heteroatoms. The summed E-state index contributed by atoms with van der Waals surface area (Å²) < 4.78 is 71.2. The molecule has 11 nitrogen and oxygen atoms in total. The number of nitrogens with one attached hydrogen (secondary N) is 3. The van der Waals surface area contributed by atoms with Gasteiger partial charge in [0, 0.05) is 19.6 Å². The molecule has 0 bridgehead atoms. The lowest BCUT2D eigenvalue weighted by Gasteiger charge is -2.32. The zero-order chi connectivity index (χ0) is 33.4. The van der Waals surface area contributed by atoms with Gasteiger partial charge in [0.2, 0.25) is 0 Å². The molecule has 45 heavy (non-hydrogen) atoms. The number of ether oxygens (including phenoxy) is 1. The minimum atomic E-state index is -4.28. The summed E-state index contributed by atoms with van der Waals surface area (Å²) in [5, 5.41) is 12.4. The number of H-pyrrole nitrogens is 1. The fraction of sp³-hybridized carbons (Fsp3) is 0.621. The number of carbonyl (C=O) groups is 2. The summed E-state index contributed by atoms with van der Waals surface area (Å²) in [5.41, 5.74) is 0.766. The number of fused-ring (bicyclic) bond motifs is 1. The van der Waals surface area contributed by atoms with Crippen LogP contribution in [0.15, 0.2) is 22.8 Å². The number of hydrogen-bond acceptors (Lipinski definition) is 7. The van der Waals surface area contributed by atoms with Crippen LogP contribution >= 0.6 is 0 Å². The fourth-order valence-electron chi connectivity index (χ4n) is 3.70. The van der Waals surface area contributed by atoms with Crippen molar-refractivity contribution in [2.24, 2.45) is 0 Å². The van der Waals surface area contributed by atoms with E-state index in [2.05, 4.69) is 35.7 Å². The number of aromatic amines is 1. The van der Waals surface area contributed by atoms with Crippen LogP contribution < -0.4 is 10.6 Å². The molecule has 0 radical (unpaired) electrons. The van der Waals surface area contributed by atoms with Gasteiger partial charge in [-0.2, -0.15) is 13.2 Å². The topological polar surface area (TPSA) is 138 Å². The Labute approximate surface area is 257 Å². The number of imidazole rings is 1. The second-order valence-electron chi connectivity index (χ2n) is 11.1. The van der Waals surface area contributed by atoms with Crippen molar-refractivity contribution in [2.45, 2.75) is 96.5 Å². The van der Waals surface area contributed by atoms with Crippen LogP contribution in [0.1, 0.15) is 93.3 Å². The summed E-state index contributed by atoms with van der Waals surface area (Å²) >= 11 is 0. The third-order valence-corrected chi connectivity index (χ3v) is 6.83. The molecule has 6 rings (SSSR count). The Morgan fingerprint density at radius 2 is 1.82 bits per heavy atom. The number of aromatic nitrogens is 4. The first-order chi connectivity index (χ1) is 21.2. The van der Waals surface area contributed by atoms with E-state index in [1.54, 1.807) is 18.2 Å². The van der Waals surface area contributed by atoms with Crippen molar-refractivity contribution in [3.05, 3.63) is 41.0 Å². The molecular formula is C29H40F5N7O4. The van der Waals surface area contributed by atoms with E-state index in [4.69, 9.17) is 4.63 Å². The molecule has 1 saturated heterocycles. The fourth-order valence-corrected chi connectivity index (χ4v) is 3.70. The number of methoxy groups -OCH3 is 1. The van der Waals surface area contributed by atoms with Crippen molar-refractivity contribution < 1.29 is 40.9 Å². The van der Waals surface area contributed by atoms with Gasteiger partial charge in [-0.05, 0) is 49.5 Å². The molecule has 3 heterocycles. The van der Waals surface area contributed by atoms with Crippen LogP contribution in [-0.4, -0.2) is 75.0 Å². The predicted molar refractivity (Wildman–Crippen MR) is 155 cm³/mol. The molecule has 250 valence electrons. The first kappa shape index (κ1) is 35.7. The van der Waals surface area contributed by atoms with Crippen LogP contribution in [0.3, 0.4) is 0 Å². The van der Waals surface area contributed by atoms with E-state index < -0.39 is 36.8 Å². The number of amides is 3. The summed E-state index contributed by atoms with van der Waals surface area (Å²) in [5.74, 6) is -2.59. The van der Waals surface area contributed by atoms with Crippen molar-refractivity contribution >= 4 is 23.0 Å². The molecule has 3 amide bonds. The van der Waals surface area contributed by atoms with E-state index in [1.165, 1.54) is 19.3 Å². The molecular weight excluding hydrogens is 605 g/mol. The maximum Gasteiger partial charge on any atom is 0.416 e. The Hall–Kier alpha value is -3.82. The summed E-state index contributed by atoms with van der Waals surface area (Å²) in [7, 11) is 1.04. The van der Waals surface area contributed by atoms with Gasteiger partial charge in [-0.25, -0.2) is 23.2 Å². The third kappa shape index (κ3) is 10.4. The summed E-state index contributed by atoms with van der Waals surface area (Å²) in [6.07, 6.45) is 2.16. The predicted octanol–water partition coefficient (Wildman–Crippen LogP) is 6.08. The van der Waals surface area contributed by atoms with E-state index in [0.29, 0.717) is 28.1 Å². The first-order valence-corrected chi connectivity index (χ1v) is 14.8. The molecule has 3 fully saturated rings. The van der Waals surface area contributed by atoms with Gasteiger partial charge in [0.05, 0.1) is 30.7 Å². The van der Waals surface area contributed by atoms with Crippen molar-refractivity contribution in [1.82, 2.24) is 35.8 Å². The number of rotatable bonds is 7. The molecule has 1 aromatic carbocycles. The number of hydrogen-bond donors (Lipinski definition) is 3. The van der Waals surface area contributed by atoms with Crippen LogP contribution in [0, 0.1) is 0 Å². The van der Waals surface area contributed by atoms with E-state index >= 15 is 0 Å². The van der Waals surface area contributed by atoms with Gasteiger partial charge < -0.3 is 25.3 Å². The standard InChI is InChI=1S/C19H19F2N7O3.C5H9F3O.C3H6.C2H6/c20-19(21)8-23-18(30)28(9-19)7-10-1-4-12-13(5-10)25-14(24-12)6-22-17(29)16-15(11-2-3-11)26-31-27-16;1-4(2,9-3)5(6,7)8;1-2-3-1;1-2/h1,4-5,11H,2-3,6-9H2,(H,22,29)(H,23,30)(H,24,25);1-3H3;1-3H2;1-2H3. The Morgan fingerprint density at radius 1 is 1.16 bits per heavy atom. The van der Waals surface area contributed by atoms with E-state index in [9.17, 15) is 31.5 Å². The molecule has 2 aromatic heterocycles. The average molecular weight is 646 g/mol. The van der Waals surface area contributed by atoms with Crippen LogP contribution in [0.25, 0.3) is 11.0 Å². The highest BCUT2D eigenvalue weighted by molar-refractivity contribution is 5.93. The first-order valence-electron chi connectivity index (χ1n) is 14.8. The smallest absolute Gasteiger partial charge is 0.369 e. The average Bonchev–Trinajstić information content (AvgIpc) is 3.95. The van der Waals surface area contributed by atoms with Gasteiger partial charge >= 0.3 is 12.2 Å². The number of urea groups is 1. The number of carbonyl (C=O) groups excluding carboxylic acids is 2. The Bertz CT molecular complexity index is 1410. The van der Waals surface area contributed by atoms with E-state index in [-0.39, 0.29) is 30.6 Å². The molecule has 3 N–H and O–H groups in total. The molecule has 2 saturated carbocycles. The van der Waals surface area contributed by atoms with E-state index in [1.807, 2.05) is 13.8 Å². The number of benzene rings is 1. The lowest BCUT2D eigenvalue weighted by atomic mass is 10.1. The van der Waals surface area contributed by atoms with Crippen molar-refractivity contribution in [1.29, 1.82) is 0 Å². The molecule has 0 atom stereocenters. The summed E-state index contributed by atoms with van der Waals surface area (Å²) in [6.45, 7) is 4.87. The van der Waals surface area contributed by atoms with Crippen LogP contribution in [0.4, 0.5) is 26.7 Å². The van der Waals surface area contributed by atoms with Crippen LogP contribution in [0.2, 0.25) is 0 Å². The summed E-state index contributed by atoms with van der Waals surface area (Å²) in [6, 6.07) is 4.70. The second kappa shape index (κ2) is 15.0. The normalized spacial score (nSPS) is 17.1. The highest BCUT2D eigenvalue weighted by atomic mass is 19.4. The van der Waals surface area contributed by atoms with Gasteiger partial charge in [-0.1, -0.05) is 44.3 Å². The van der Waals surface area contributed by atoms with Crippen molar-refractivity contribution in [3.63, 3.8) is 0 Å². The maximum atomic E-state index is 13.6. The van der Waals surface area contributed by atoms with Gasteiger partial charge in [0.25, 0.3) is 11.8 Å². The quantitative estimate of drug-likeness (QED) is 0.265. The summed E-state index contributed by atoms with van der Waals surface area (Å²) in [4.78, 5) is 32.9. The molecule has 3 aliphatic rings. The lowest BCUT2D eigenvalue weighted by Crippen LogP contribution is -2.56. The maximum absolute atomic E-state index is 13.6. The van der Waals surface area contributed by atoms with Crippen LogP contribution in [0.5, 0.6) is 0 Å². The third-order valence-electron chi connectivity index (χ3n) is 6.83. The number of alkyl halides is 5. The van der Waals surface area contributed by atoms with Gasteiger partial charge in [-0.3, -0.25) is 4.79 Å². The second-order valence-corrected chi connectivity index (χ2v) is 11.1. The number of nitrogens with zero attached hydrogens (tertiary/aromatic N) is 4. The lowest BCUT2D eigenvalue weighted by molar-refractivity contribution is -0.255. The number of halogens is 5. The highest BCUT2D eigenvalue weighted by Gasteiger charge is 2.47. The Balaban J connectivity index is 0.000000331. The monoisotopic (exact) mass is 645 g/mol. The minimum Gasteiger partial charge on any atom is -0.369 e. The van der Waals surface area contributed by atoms with Crippen LogP contribution in [-0.2, 0) is 17.8 Å². The van der Waals surface area contributed by atoms with Crippen molar-refractivity contribution in [3.8, 4) is 0 Å². The molecule has 2 aliphatic carbocycles. The molecule has 3 aromatic rings. The Morgan fingerprint density at radius 3 is 2.38 bits per heavy atom. The SMILES string of the molecule is C1CC1.CC.COC(C)(C)C(F)(F)F.O=C(NCc1nc2ccc(CN3CC(F)(F)CNC3=O)cc2[nH]1)c1nonc1C1CC1. The van der Waals surface area contributed by atoms with E-state index in [0.717, 1.165) is 38.7 Å². The molecule has 0 unspecified atom stereocenters.